The molecule has 6 nitrogen and oxygen atoms in total. The Hall–Kier alpha value is -1.76. The SMILES string of the molecule is O=C1[C@@H]2C[C@@H](O)CN2C2(CN(C3CCCCC3)C2)C(=O)N1Cc1ccccc1. The van der Waals surface area contributed by atoms with Crippen LogP contribution in [0, 0.1) is 0 Å². The molecule has 150 valence electrons. The molecule has 2 atom stereocenters. The summed E-state index contributed by atoms with van der Waals surface area (Å²) >= 11 is 0. The fourth-order valence-corrected chi connectivity index (χ4v) is 5.74. The van der Waals surface area contributed by atoms with Crippen molar-refractivity contribution in [2.75, 3.05) is 19.6 Å². The molecule has 1 aliphatic carbocycles. The van der Waals surface area contributed by atoms with Gasteiger partial charge in [0.2, 0.25) is 5.91 Å². The van der Waals surface area contributed by atoms with E-state index in [0.717, 1.165) is 5.56 Å². The maximum Gasteiger partial charge on any atom is 0.252 e. The molecule has 1 aromatic carbocycles. The Morgan fingerprint density at radius 3 is 2.46 bits per heavy atom. The Balaban J connectivity index is 1.41. The molecule has 0 aromatic heterocycles. The van der Waals surface area contributed by atoms with Gasteiger partial charge in [0.25, 0.3) is 5.91 Å². The van der Waals surface area contributed by atoms with Crippen LogP contribution in [0.15, 0.2) is 30.3 Å². The van der Waals surface area contributed by atoms with Crippen molar-refractivity contribution in [1.29, 1.82) is 0 Å². The van der Waals surface area contributed by atoms with E-state index in [9.17, 15) is 14.7 Å². The summed E-state index contributed by atoms with van der Waals surface area (Å²) in [6, 6.07) is 9.92. The summed E-state index contributed by atoms with van der Waals surface area (Å²) in [4.78, 5) is 32.6. The smallest absolute Gasteiger partial charge is 0.252 e. The van der Waals surface area contributed by atoms with E-state index in [1.54, 1.807) is 0 Å². The fraction of sp³-hybridized carbons (Fsp3) is 0.636. The van der Waals surface area contributed by atoms with Gasteiger partial charge in [0.1, 0.15) is 5.54 Å². The Bertz CT molecular complexity index is 756. The van der Waals surface area contributed by atoms with Gasteiger partial charge in [-0.2, -0.15) is 0 Å². The van der Waals surface area contributed by atoms with Crippen molar-refractivity contribution >= 4 is 11.8 Å². The van der Waals surface area contributed by atoms with Crippen LogP contribution in [0.1, 0.15) is 44.1 Å². The first-order chi connectivity index (χ1) is 13.6. The largest absolute Gasteiger partial charge is 0.392 e. The number of aliphatic hydroxyl groups excluding tert-OH is 1. The second kappa shape index (κ2) is 6.94. The predicted octanol–water partition coefficient (Wildman–Crippen LogP) is 1.38. The lowest BCUT2D eigenvalue weighted by Gasteiger charge is -2.60. The summed E-state index contributed by atoms with van der Waals surface area (Å²) in [6.45, 7) is 2.14. The van der Waals surface area contributed by atoms with Gasteiger partial charge < -0.3 is 5.11 Å². The molecule has 3 heterocycles. The van der Waals surface area contributed by atoms with Crippen molar-refractivity contribution in [2.45, 2.75) is 68.8 Å². The van der Waals surface area contributed by atoms with E-state index in [0.29, 0.717) is 38.6 Å². The van der Waals surface area contributed by atoms with Gasteiger partial charge in [-0.15, -0.1) is 0 Å². The summed E-state index contributed by atoms with van der Waals surface area (Å²) in [5, 5.41) is 10.3. The molecular formula is C22H29N3O3. The topological polar surface area (TPSA) is 64.1 Å². The molecule has 6 heteroatoms. The van der Waals surface area contributed by atoms with Crippen molar-refractivity contribution in [3.05, 3.63) is 35.9 Å². The maximum atomic E-state index is 13.6. The number of fused-ring (bicyclic) bond motifs is 2. The number of imide groups is 1. The number of carbonyl (C=O) groups excluding carboxylic acids is 2. The predicted molar refractivity (Wildman–Crippen MR) is 104 cm³/mol. The molecule has 28 heavy (non-hydrogen) atoms. The average Bonchev–Trinajstić information content (AvgIpc) is 3.08. The van der Waals surface area contributed by atoms with Gasteiger partial charge in [-0.3, -0.25) is 24.3 Å². The Morgan fingerprint density at radius 1 is 1.04 bits per heavy atom. The molecule has 4 aliphatic rings. The number of benzene rings is 1. The third kappa shape index (κ3) is 2.81. The molecule has 1 aromatic rings. The molecule has 3 aliphatic heterocycles. The minimum atomic E-state index is -0.637. The molecule has 1 N–H and O–H groups in total. The number of hydrogen-bond acceptors (Lipinski definition) is 5. The minimum absolute atomic E-state index is 0.0706. The van der Waals surface area contributed by atoms with E-state index >= 15 is 0 Å². The van der Waals surface area contributed by atoms with Crippen molar-refractivity contribution < 1.29 is 14.7 Å². The van der Waals surface area contributed by atoms with E-state index in [1.807, 2.05) is 35.2 Å². The molecule has 0 bridgehead atoms. The molecular weight excluding hydrogens is 354 g/mol. The highest BCUT2D eigenvalue weighted by Gasteiger charge is 2.64. The molecule has 0 unspecified atom stereocenters. The monoisotopic (exact) mass is 383 g/mol. The van der Waals surface area contributed by atoms with Crippen LogP contribution in [0.5, 0.6) is 0 Å². The number of β-amino-alcohol motifs (C(OH)–C–C–N with tert-alkyl or cyclic N) is 1. The van der Waals surface area contributed by atoms with Crippen LogP contribution < -0.4 is 0 Å². The molecule has 5 rings (SSSR count). The maximum absolute atomic E-state index is 13.6. The lowest BCUT2D eigenvalue weighted by Crippen LogP contribution is -2.82. The van der Waals surface area contributed by atoms with Gasteiger partial charge >= 0.3 is 0 Å². The zero-order valence-corrected chi connectivity index (χ0v) is 16.3. The number of likely N-dealkylation sites (tertiary alicyclic amines) is 1. The fourth-order valence-electron chi connectivity index (χ4n) is 5.74. The standard InChI is InChI=1S/C22H29N3O3/c26-18-11-19-20(27)24(12-16-7-3-1-4-8-16)21(28)22(25(19)13-18)14-23(15-22)17-9-5-2-6-10-17/h1,3-4,7-8,17-19,26H,2,5-6,9-15H2/t18-,19+/m1/s1. The molecule has 1 spiro atoms. The Morgan fingerprint density at radius 2 is 1.75 bits per heavy atom. The summed E-state index contributed by atoms with van der Waals surface area (Å²) in [7, 11) is 0. The van der Waals surface area contributed by atoms with Crippen LogP contribution in [0.25, 0.3) is 0 Å². The minimum Gasteiger partial charge on any atom is -0.392 e. The third-order valence-electron chi connectivity index (χ3n) is 7.23. The number of piperazine rings is 1. The van der Waals surface area contributed by atoms with Crippen LogP contribution in [0.3, 0.4) is 0 Å². The summed E-state index contributed by atoms with van der Waals surface area (Å²) in [5.74, 6) is -0.217. The number of nitrogens with zero attached hydrogens (tertiary/aromatic N) is 3. The second-order valence-corrected chi connectivity index (χ2v) is 9.00. The zero-order chi connectivity index (χ0) is 19.3. The second-order valence-electron chi connectivity index (χ2n) is 9.00. The summed E-state index contributed by atoms with van der Waals surface area (Å²) in [5.41, 5.74) is 0.331. The van der Waals surface area contributed by atoms with Crippen LogP contribution in [-0.4, -0.2) is 75.0 Å². The quantitative estimate of drug-likeness (QED) is 0.799. The lowest BCUT2D eigenvalue weighted by atomic mass is 9.79. The highest BCUT2D eigenvalue weighted by atomic mass is 16.3. The Kier molecular flexibility index (Phi) is 4.53. The highest BCUT2D eigenvalue weighted by molar-refractivity contribution is 6.06. The van der Waals surface area contributed by atoms with E-state index in [-0.39, 0.29) is 17.9 Å². The average molecular weight is 383 g/mol. The highest BCUT2D eigenvalue weighted by Crippen LogP contribution is 2.42. The van der Waals surface area contributed by atoms with Crippen molar-refractivity contribution in [3.8, 4) is 0 Å². The number of hydrogen-bond donors (Lipinski definition) is 1. The molecule has 2 amide bonds. The zero-order valence-electron chi connectivity index (χ0n) is 16.3. The van der Waals surface area contributed by atoms with Crippen LogP contribution >= 0.6 is 0 Å². The van der Waals surface area contributed by atoms with Gasteiger partial charge in [-0.25, -0.2) is 0 Å². The van der Waals surface area contributed by atoms with E-state index < -0.39 is 11.6 Å². The first kappa shape index (κ1) is 18.3. The van der Waals surface area contributed by atoms with Crippen LogP contribution in [0.4, 0.5) is 0 Å². The van der Waals surface area contributed by atoms with Crippen LogP contribution in [-0.2, 0) is 16.1 Å². The number of amides is 2. The first-order valence-corrected chi connectivity index (χ1v) is 10.7. The summed E-state index contributed by atoms with van der Waals surface area (Å²) in [6.07, 6.45) is 6.18. The van der Waals surface area contributed by atoms with Crippen molar-refractivity contribution in [3.63, 3.8) is 0 Å². The van der Waals surface area contributed by atoms with Gasteiger partial charge in [0.05, 0.1) is 18.7 Å². The van der Waals surface area contributed by atoms with Gasteiger partial charge in [0, 0.05) is 25.7 Å². The molecule has 4 fully saturated rings. The van der Waals surface area contributed by atoms with Crippen LogP contribution in [0.2, 0.25) is 0 Å². The normalized spacial score (nSPS) is 31.2. The number of aliphatic hydroxyl groups is 1. The van der Waals surface area contributed by atoms with Gasteiger partial charge in [0.15, 0.2) is 0 Å². The number of rotatable bonds is 3. The third-order valence-corrected chi connectivity index (χ3v) is 7.23. The van der Waals surface area contributed by atoms with E-state index in [4.69, 9.17) is 0 Å². The molecule has 3 saturated heterocycles. The lowest BCUT2D eigenvalue weighted by molar-refractivity contribution is -0.183. The van der Waals surface area contributed by atoms with Gasteiger partial charge in [-0.05, 0) is 24.8 Å². The first-order valence-electron chi connectivity index (χ1n) is 10.7. The molecule has 1 saturated carbocycles. The van der Waals surface area contributed by atoms with Crippen molar-refractivity contribution in [1.82, 2.24) is 14.7 Å². The van der Waals surface area contributed by atoms with Gasteiger partial charge in [-0.1, -0.05) is 49.6 Å². The number of carbonyl (C=O) groups is 2. The summed E-state index contributed by atoms with van der Waals surface area (Å²) < 4.78 is 0. The molecule has 0 radical (unpaired) electrons. The Labute approximate surface area is 166 Å². The van der Waals surface area contributed by atoms with Crippen molar-refractivity contribution in [2.24, 2.45) is 0 Å². The van der Waals surface area contributed by atoms with E-state index in [2.05, 4.69) is 4.90 Å². The van der Waals surface area contributed by atoms with E-state index in [1.165, 1.54) is 37.0 Å².